The lowest BCUT2D eigenvalue weighted by Gasteiger charge is -2.36. The standard InChI is InChI=1S/C35H46ClN5O9S/c1-9-20-17-35(20,31(44)40-51(46,47)23-11-12-23)39-28(42)25-16-22(49-29-24-13-10-21(48-8)14-19(24)15-26(36)37-29)18-41(25)30(43)27(33(2,3)4)38-32(45)50-34(5,6)7/h9-10,13-15,20,22-23,25,27H,1,11-12,16-18H2,2-8H3,(H,38,45)(H,39,42)(H,40,44). The van der Waals surface area contributed by atoms with E-state index in [0.717, 1.165) is 0 Å². The maximum absolute atomic E-state index is 14.4. The van der Waals surface area contributed by atoms with Gasteiger partial charge in [0.25, 0.3) is 5.91 Å². The number of carbonyl (C=O) groups excluding carboxylic acids is 4. The van der Waals surface area contributed by atoms with Crippen LogP contribution in [0.1, 0.15) is 67.2 Å². The number of carbonyl (C=O) groups is 4. The molecule has 14 nitrogen and oxygen atoms in total. The Kier molecular flexibility index (Phi) is 10.3. The Morgan fingerprint density at radius 2 is 1.80 bits per heavy atom. The highest BCUT2D eigenvalue weighted by Gasteiger charge is 2.62. The summed E-state index contributed by atoms with van der Waals surface area (Å²) in [4.78, 5) is 60.7. The summed E-state index contributed by atoms with van der Waals surface area (Å²) in [5.41, 5.74) is -3.24. The molecule has 1 saturated heterocycles. The number of alkyl carbamates (subject to hydrolysis) is 1. The van der Waals surface area contributed by atoms with Crippen LogP contribution in [0.3, 0.4) is 0 Å². The SMILES string of the molecule is C=CC1CC1(NC(=O)C1CC(Oc2nc(Cl)cc3cc(OC)ccc23)CN1C(=O)C(NC(=O)OC(C)(C)C)C(C)(C)C)C(=O)NS(=O)(=O)C1CC1. The largest absolute Gasteiger partial charge is 0.497 e. The number of ether oxygens (including phenoxy) is 3. The molecule has 1 aliphatic heterocycles. The molecular weight excluding hydrogens is 702 g/mol. The van der Waals surface area contributed by atoms with Crippen molar-refractivity contribution < 1.29 is 41.8 Å². The lowest BCUT2D eigenvalue weighted by atomic mass is 9.85. The zero-order valence-corrected chi connectivity index (χ0v) is 31.4. The van der Waals surface area contributed by atoms with E-state index < -0.39 is 79.7 Å². The van der Waals surface area contributed by atoms with Gasteiger partial charge in [0.15, 0.2) is 0 Å². The van der Waals surface area contributed by atoms with Crippen molar-refractivity contribution in [3.05, 3.63) is 42.1 Å². The summed E-state index contributed by atoms with van der Waals surface area (Å²) in [7, 11) is -2.37. The minimum atomic E-state index is -3.91. The predicted octanol–water partition coefficient (Wildman–Crippen LogP) is 3.85. The maximum atomic E-state index is 14.4. The molecule has 1 aromatic carbocycles. The van der Waals surface area contributed by atoms with E-state index in [2.05, 4.69) is 26.9 Å². The van der Waals surface area contributed by atoms with Crippen molar-refractivity contribution in [3.8, 4) is 11.6 Å². The average molecular weight is 748 g/mol. The molecule has 0 radical (unpaired) electrons. The van der Waals surface area contributed by atoms with Gasteiger partial charge in [0.2, 0.25) is 27.7 Å². The van der Waals surface area contributed by atoms with Crippen molar-refractivity contribution in [2.45, 2.75) is 102 Å². The van der Waals surface area contributed by atoms with Crippen molar-refractivity contribution in [2.75, 3.05) is 13.7 Å². The molecule has 278 valence electrons. The number of likely N-dealkylation sites (tertiary alicyclic amines) is 1. The minimum Gasteiger partial charge on any atom is -0.497 e. The van der Waals surface area contributed by atoms with Crippen LogP contribution in [0.4, 0.5) is 4.79 Å². The fraction of sp³-hybridized carbons (Fsp3) is 0.571. The molecule has 2 saturated carbocycles. The van der Waals surface area contributed by atoms with Crippen molar-refractivity contribution >= 4 is 56.2 Å². The summed E-state index contributed by atoms with van der Waals surface area (Å²) in [6, 6.07) is 4.60. The molecule has 16 heteroatoms. The molecule has 3 fully saturated rings. The lowest BCUT2D eigenvalue weighted by molar-refractivity contribution is -0.143. The summed E-state index contributed by atoms with van der Waals surface area (Å²) in [6.07, 6.45) is 0.892. The summed E-state index contributed by atoms with van der Waals surface area (Å²) in [5.74, 6) is -1.91. The van der Waals surface area contributed by atoms with Gasteiger partial charge in [-0.3, -0.25) is 19.1 Å². The Morgan fingerprint density at radius 3 is 2.37 bits per heavy atom. The third-order valence-corrected chi connectivity index (χ3v) is 11.1. The first-order valence-electron chi connectivity index (χ1n) is 16.8. The van der Waals surface area contributed by atoms with Crippen molar-refractivity contribution in [2.24, 2.45) is 11.3 Å². The van der Waals surface area contributed by atoms with Gasteiger partial charge < -0.3 is 29.7 Å². The summed E-state index contributed by atoms with van der Waals surface area (Å²) in [5, 5.41) is 6.25. The second kappa shape index (κ2) is 13.8. The van der Waals surface area contributed by atoms with Crippen LogP contribution in [-0.2, 0) is 29.1 Å². The van der Waals surface area contributed by atoms with Crippen LogP contribution in [0.2, 0.25) is 5.15 Å². The number of nitrogens with one attached hydrogen (secondary N) is 3. The Labute approximate surface area is 303 Å². The lowest BCUT2D eigenvalue weighted by Crippen LogP contribution is -2.60. The normalized spacial score (nSPS) is 23.9. The number of sulfonamides is 1. The topological polar surface area (TPSA) is 182 Å². The van der Waals surface area contributed by atoms with Gasteiger partial charge in [-0.25, -0.2) is 18.2 Å². The number of aromatic nitrogens is 1. The zero-order valence-electron chi connectivity index (χ0n) is 29.9. The number of amides is 4. The fourth-order valence-electron chi connectivity index (χ4n) is 6.18. The Bertz CT molecular complexity index is 1850. The molecule has 5 rings (SSSR count). The van der Waals surface area contributed by atoms with Crippen LogP contribution < -0.4 is 24.8 Å². The van der Waals surface area contributed by atoms with E-state index in [-0.39, 0.29) is 30.4 Å². The van der Waals surface area contributed by atoms with Crippen LogP contribution in [0.5, 0.6) is 11.6 Å². The van der Waals surface area contributed by atoms with E-state index in [1.165, 1.54) is 18.1 Å². The van der Waals surface area contributed by atoms with Crippen LogP contribution in [-0.4, -0.2) is 90.3 Å². The Hall–Kier alpha value is -4.11. The Balaban J connectivity index is 1.46. The molecule has 51 heavy (non-hydrogen) atoms. The molecule has 5 unspecified atom stereocenters. The van der Waals surface area contributed by atoms with Crippen LogP contribution in [0.15, 0.2) is 36.9 Å². The van der Waals surface area contributed by atoms with Gasteiger partial charge in [0.1, 0.15) is 40.2 Å². The van der Waals surface area contributed by atoms with Gasteiger partial charge in [-0.2, -0.15) is 0 Å². The van der Waals surface area contributed by atoms with Gasteiger partial charge in [-0.15, -0.1) is 6.58 Å². The molecule has 3 N–H and O–H groups in total. The van der Waals surface area contributed by atoms with Crippen LogP contribution in [0.25, 0.3) is 10.8 Å². The van der Waals surface area contributed by atoms with Crippen LogP contribution >= 0.6 is 11.6 Å². The number of halogens is 1. The minimum absolute atomic E-state index is 0.0243. The number of pyridine rings is 1. The number of nitrogens with zero attached hydrogens (tertiary/aromatic N) is 2. The van der Waals surface area contributed by atoms with E-state index in [9.17, 15) is 27.6 Å². The average Bonchev–Trinajstić information content (AvgIpc) is 3.94. The highest BCUT2D eigenvalue weighted by molar-refractivity contribution is 7.91. The monoisotopic (exact) mass is 747 g/mol. The van der Waals surface area contributed by atoms with Gasteiger partial charge in [-0.05, 0) is 75.1 Å². The molecule has 0 spiro atoms. The maximum Gasteiger partial charge on any atom is 0.408 e. The number of fused-ring (bicyclic) bond motifs is 1. The summed E-state index contributed by atoms with van der Waals surface area (Å²) < 4.78 is 44.6. The number of methoxy groups -OCH3 is 1. The van der Waals surface area contributed by atoms with Crippen molar-refractivity contribution in [3.63, 3.8) is 0 Å². The third kappa shape index (κ3) is 8.52. The van der Waals surface area contributed by atoms with E-state index >= 15 is 0 Å². The molecule has 2 heterocycles. The number of benzene rings is 1. The number of hydrogen-bond donors (Lipinski definition) is 3. The molecule has 0 bridgehead atoms. The van der Waals surface area contributed by atoms with Crippen molar-refractivity contribution in [1.82, 2.24) is 25.2 Å². The van der Waals surface area contributed by atoms with Gasteiger partial charge in [-0.1, -0.05) is 38.4 Å². The number of hydrogen-bond acceptors (Lipinski definition) is 10. The second-order valence-electron chi connectivity index (χ2n) is 15.4. The Morgan fingerprint density at radius 1 is 1.12 bits per heavy atom. The fourth-order valence-corrected chi connectivity index (χ4v) is 7.74. The summed E-state index contributed by atoms with van der Waals surface area (Å²) in [6.45, 7) is 14.0. The highest BCUT2D eigenvalue weighted by atomic mass is 35.5. The van der Waals surface area contributed by atoms with E-state index in [4.69, 9.17) is 25.8 Å². The molecular formula is C35H46ClN5O9S. The molecule has 2 aromatic rings. The molecule has 3 aliphatic rings. The molecule has 5 atom stereocenters. The quantitative estimate of drug-likeness (QED) is 0.226. The van der Waals surface area contributed by atoms with Gasteiger partial charge in [0, 0.05) is 17.7 Å². The molecule has 1 aromatic heterocycles. The highest BCUT2D eigenvalue weighted by Crippen LogP contribution is 2.45. The van der Waals surface area contributed by atoms with E-state index in [0.29, 0.717) is 29.4 Å². The number of rotatable bonds is 11. The predicted molar refractivity (Wildman–Crippen MR) is 190 cm³/mol. The molecule has 4 amide bonds. The van der Waals surface area contributed by atoms with Crippen molar-refractivity contribution in [1.29, 1.82) is 0 Å². The first-order chi connectivity index (χ1) is 23.7. The molecule has 2 aliphatic carbocycles. The van der Waals surface area contributed by atoms with Gasteiger partial charge in [0.05, 0.1) is 18.9 Å². The van der Waals surface area contributed by atoms with Gasteiger partial charge >= 0.3 is 6.09 Å². The first-order valence-corrected chi connectivity index (χ1v) is 18.7. The van der Waals surface area contributed by atoms with E-state index in [1.54, 1.807) is 65.8 Å². The zero-order chi connectivity index (χ0) is 37.7. The summed E-state index contributed by atoms with van der Waals surface area (Å²) >= 11 is 6.35. The second-order valence-corrected chi connectivity index (χ2v) is 17.8. The smallest absolute Gasteiger partial charge is 0.408 e. The van der Waals surface area contributed by atoms with E-state index in [1.807, 2.05) is 0 Å². The van der Waals surface area contributed by atoms with Crippen LogP contribution in [0, 0.1) is 11.3 Å². The first kappa shape index (κ1) is 38.1. The third-order valence-electron chi connectivity index (χ3n) is 9.12.